The smallest absolute Gasteiger partial charge is 0.253 e. The number of aromatic nitrogens is 4. The predicted molar refractivity (Wildman–Crippen MR) is 97.9 cm³/mol. The number of hydrogen-bond donors (Lipinski definition) is 1. The van der Waals surface area contributed by atoms with Crippen molar-refractivity contribution in [2.45, 2.75) is 50.6 Å². The third-order valence-corrected chi connectivity index (χ3v) is 5.48. The van der Waals surface area contributed by atoms with E-state index in [2.05, 4.69) is 30.0 Å². The Labute approximate surface area is 153 Å². The summed E-state index contributed by atoms with van der Waals surface area (Å²) >= 11 is 0. The van der Waals surface area contributed by atoms with E-state index in [0.29, 0.717) is 11.5 Å². The van der Waals surface area contributed by atoms with E-state index < -0.39 is 0 Å². The summed E-state index contributed by atoms with van der Waals surface area (Å²) in [5.74, 6) is 2.35. The highest BCUT2D eigenvalue weighted by atomic mass is 16.1. The molecule has 0 unspecified atom stereocenters. The summed E-state index contributed by atoms with van der Waals surface area (Å²) in [7, 11) is 6.07. The minimum Gasteiger partial charge on any atom is -0.349 e. The van der Waals surface area contributed by atoms with Crippen molar-refractivity contribution in [3.8, 4) is 0 Å². The van der Waals surface area contributed by atoms with E-state index >= 15 is 0 Å². The second-order valence-electron chi connectivity index (χ2n) is 7.79. The fourth-order valence-electron chi connectivity index (χ4n) is 3.92. The number of carbonyl (C=O) groups is 1. The van der Waals surface area contributed by atoms with Crippen LogP contribution in [0.3, 0.4) is 0 Å². The molecular formula is C19H26N6O. The first kappa shape index (κ1) is 17.1. The molecule has 1 fully saturated rings. The quantitative estimate of drug-likeness (QED) is 0.879. The average Bonchev–Trinajstić information content (AvgIpc) is 3.17. The number of amides is 1. The molecule has 0 aliphatic heterocycles. The molecule has 2 heterocycles. The number of carbonyl (C=O) groups excluding carboxylic acids is 1. The second kappa shape index (κ2) is 6.79. The number of aryl methyl sites for hydroxylation is 2. The zero-order valence-electron chi connectivity index (χ0n) is 15.7. The first-order valence-corrected chi connectivity index (χ1v) is 9.33. The number of pyridine rings is 1. The van der Waals surface area contributed by atoms with Gasteiger partial charge >= 0.3 is 0 Å². The molecule has 26 heavy (non-hydrogen) atoms. The van der Waals surface area contributed by atoms with Gasteiger partial charge in [0.1, 0.15) is 11.6 Å². The van der Waals surface area contributed by atoms with Crippen molar-refractivity contribution in [1.29, 1.82) is 0 Å². The zero-order chi connectivity index (χ0) is 18.3. The van der Waals surface area contributed by atoms with E-state index in [1.807, 2.05) is 27.2 Å². The fraction of sp³-hybridized carbons (Fsp3) is 0.579. The standard InChI is InChI=1S/C19H26N6O/c1-24(2)11-17-22-23-18(25(17)3)13-8-15(9-13)21-19(26)14-7-12-5-4-6-16(12)20-10-14/h7,10,13,15H,4-6,8-9,11H2,1-3H3,(H,21,26). The van der Waals surface area contributed by atoms with Crippen LogP contribution in [0.1, 0.15) is 58.4 Å². The number of fused-ring (bicyclic) bond motifs is 1. The Bertz CT molecular complexity index is 821. The maximum atomic E-state index is 12.5. The van der Waals surface area contributed by atoms with Gasteiger partial charge in [-0.15, -0.1) is 10.2 Å². The van der Waals surface area contributed by atoms with Crippen molar-refractivity contribution in [1.82, 2.24) is 30.0 Å². The molecule has 0 bridgehead atoms. The molecule has 2 aromatic heterocycles. The highest BCUT2D eigenvalue weighted by molar-refractivity contribution is 5.94. The Hall–Kier alpha value is -2.28. The molecule has 0 spiro atoms. The van der Waals surface area contributed by atoms with E-state index in [1.165, 1.54) is 5.56 Å². The van der Waals surface area contributed by atoms with Gasteiger partial charge in [0, 0.05) is 30.9 Å². The van der Waals surface area contributed by atoms with Gasteiger partial charge in [-0.2, -0.15) is 0 Å². The summed E-state index contributed by atoms with van der Waals surface area (Å²) in [6, 6.07) is 2.21. The zero-order valence-corrected chi connectivity index (χ0v) is 15.7. The first-order chi connectivity index (χ1) is 12.5. The lowest BCUT2D eigenvalue weighted by molar-refractivity contribution is 0.0906. The molecule has 7 heteroatoms. The highest BCUT2D eigenvalue weighted by Gasteiger charge is 2.35. The van der Waals surface area contributed by atoms with Crippen LogP contribution in [-0.4, -0.2) is 50.7 Å². The normalized spacial score (nSPS) is 21.5. The third-order valence-electron chi connectivity index (χ3n) is 5.48. The summed E-state index contributed by atoms with van der Waals surface area (Å²) in [6.45, 7) is 0.779. The van der Waals surface area contributed by atoms with Gasteiger partial charge in [0.25, 0.3) is 5.91 Å². The summed E-state index contributed by atoms with van der Waals surface area (Å²) < 4.78 is 2.09. The van der Waals surface area contributed by atoms with Crippen LogP contribution in [0.2, 0.25) is 0 Å². The lowest BCUT2D eigenvalue weighted by Crippen LogP contribution is -2.44. The van der Waals surface area contributed by atoms with Gasteiger partial charge in [0.05, 0.1) is 12.1 Å². The monoisotopic (exact) mass is 354 g/mol. The molecule has 7 nitrogen and oxygen atoms in total. The third kappa shape index (κ3) is 3.23. The van der Waals surface area contributed by atoms with Gasteiger partial charge in [0.2, 0.25) is 0 Å². The maximum Gasteiger partial charge on any atom is 0.253 e. The average molecular weight is 354 g/mol. The molecular weight excluding hydrogens is 328 g/mol. The van der Waals surface area contributed by atoms with Crippen LogP contribution < -0.4 is 5.32 Å². The van der Waals surface area contributed by atoms with Crippen LogP contribution in [-0.2, 0) is 26.4 Å². The Kier molecular flexibility index (Phi) is 4.48. The fourth-order valence-corrected chi connectivity index (χ4v) is 3.92. The molecule has 2 aromatic rings. The lowest BCUT2D eigenvalue weighted by atomic mass is 9.79. The Morgan fingerprint density at radius 3 is 2.88 bits per heavy atom. The van der Waals surface area contributed by atoms with E-state index in [-0.39, 0.29) is 11.9 Å². The maximum absolute atomic E-state index is 12.5. The van der Waals surface area contributed by atoms with Crippen LogP contribution in [0, 0.1) is 0 Å². The van der Waals surface area contributed by atoms with E-state index in [1.54, 1.807) is 6.20 Å². The van der Waals surface area contributed by atoms with Gasteiger partial charge in [-0.05, 0) is 57.8 Å². The Morgan fingerprint density at radius 2 is 2.12 bits per heavy atom. The van der Waals surface area contributed by atoms with Crippen LogP contribution >= 0.6 is 0 Å². The highest BCUT2D eigenvalue weighted by Crippen LogP contribution is 2.36. The molecule has 0 aromatic carbocycles. The van der Waals surface area contributed by atoms with Crippen molar-refractivity contribution in [3.63, 3.8) is 0 Å². The molecule has 2 aliphatic carbocycles. The number of hydrogen-bond acceptors (Lipinski definition) is 5. The Morgan fingerprint density at radius 1 is 1.31 bits per heavy atom. The number of nitrogens with one attached hydrogen (secondary N) is 1. The SMILES string of the molecule is CN(C)Cc1nnc(C2CC(NC(=O)c3cnc4c(c3)CCC4)C2)n1C. The molecule has 0 saturated heterocycles. The summed E-state index contributed by atoms with van der Waals surface area (Å²) in [4.78, 5) is 19.0. The van der Waals surface area contributed by atoms with Crippen molar-refractivity contribution in [2.75, 3.05) is 14.1 Å². The Balaban J connectivity index is 1.34. The minimum absolute atomic E-state index is 0.0121. The van der Waals surface area contributed by atoms with Crippen molar-refractivity contribution in [2.24, 2.45) is 7.05 Å². The van der Waals surface area contributed by atoms with E-state index in [4.69, 9.17) is 0 Å². The van der Waals surface area contributed by atoms with Gasteiger partial charge in [0.15, 0.2) is 0 Å². The number of rotatable bonds is 5. The molecule has 1 N–H and O–H groups in total. The van der Waals surface area contributed by atoms with Gasteiger partial charge in [-0.3, -0.25) is 9.78 Å². The summed E-state index contributed by atoms with van der Waals surface area (Å²) in [6.07, 6.45) is 6.76. The topological polar surface area (TPSA) is 75.9 Å². The van der Waals surface area contributed by atoms with E-state index in [0.717, 1.165) is 56.0 Å². The van der Waals surface area contributed by atoms with E-state index in [9.17, 15) is 4.79 Å². The van der Waals surface area contributed by atoms with Crippen LogP contribution in [0.25, 0.3) is 0 Å². The largest absolute Gasteiger partial charge is 0.349 e. The van der Waals surface area contributed by atoms with Crippen molar-refractivity contribution >= 4 is 5.91 Å². The van der Waals surface area contributed by atoms with Crippen LogP contribution in [0.15, 0.2) is 12.3 Å². The predicted octanol–water partition coefficient (Wildman–Crippen LogP) is 1.44. The first-order valence-electron chi connectivity index (χ1n) is 9.33. The molecule has 138 valence electrons. The van der Waals surface area contributed by atoms with Crippen molar-refractivity contribution in [3.05, 3.63) is 40.7 Å². The molecule has 1 amide bonds. The van der Waals surface area contributed by atoms with Gasteiger partial charge in [-0.25, -0.2) is 0 Å². The second-order valence-corrected chi connectivity index (χ2v) is 7.79. The van der Waals surface area contributed by atoms with Crippen molar-refractivity contribution < 1.29 is 4.79 Å². The van der Waals surface area contributed by atoms with Gasteiger partial charge in [-0.1, -0.05) is 0 Å². The minimum atomic E-state index is -0.0121. The molecule has 0 atom stereocenters. The lowest BCUT2D eigenvalue weighted by Gasteiger charge is -2.35. The van der Waals surface area contributed by atoms with Gasteiger partial charge < -0.3 is 14.8 Å². The molecule has 0 radical (unpaired) electrons. The van der Waals surface area contributed by atoms with Crippen LogP contribution in [0.5, 0.6) is 0 Å². The molecule has 1 saturated carbocycles. The summed E-state index contributed by atoms with van der Waals surface area (Å²) in [5, 5.41) is 11.8. The van der Waals surface area contributed by atoms with Crippen LogP contribution in [0.4, 0.5) is 0 Å². The molecule has 4 rings (SSSR count). The summed E-state index contributed by atoms with van der Waals surface area (Å²) in [5.41, 5.74) is 3.07. The number of nitrogens with zero attached hydrogens (tertiary/aromatic N) is 5. The molecule has 2 aliphatic rings.